The molecule has 2 rings (SSSR count). The van der Waals surface area contributed by atoms with Crippen LogP contribution in [-0.2, 0) is 9.59 Å². The number of hydrogen-bond donors (Lipinski definition) is 1. The zero-order valence-corrected chi connectivity index (χ0v) is 12.0. The van der Waals surface area contributed by atoms with Gasteiger partial charge in [-0.25, -0.2) is 0 Å². The van der Waals surface area contributed by atoms with Gasteiger partial charge in [-0.05, 0) is 44.4 Å². The predicted octanol–water partition coefficient (Wildman–Crippen LogP) is 2.08. The first-order valence-electron chi connectivity index (χ1n) is 7.72. The second kappa shape index (κ2) is 6.92. The molecule has 0 radical (unpaired) electrons. The molecule has 1 aliphatic heterocycles. The van der Waals surface area contributed by atoms with Crippen LogP contribution in [-0.4, -0.2) is 35.8 Å². The van der Waals surface area contributed by atoms with Crippen molar-refractivity contribution in [3.8, 4) is 0 Å². The number of hydrogen-bond acceptors (Lipinski definition) is 2. The molecule has 1 N–H and O–H groups in total. The fourth-order valence-corrected chi connectivity index (χ4v) is 3.06. The lowest BCUT2D eigenvalue weighted by atomic mass is 9.87. The van der Waals surface area contributed by atoms with Crippen LogP contribution in [0.25, 0.3) is 0 Å². The van der Waals surface area contributed by atoms with E-state index >= 15 is 0 Å². The molecule has 19 heavy (non-hydrogen) atoms. The quantitative estimate of drug-likeness (QED) is 0.850. The van der Waals surface area contributed by atoms with Gasteiger partial charge in [-0.15, -0.1) is 0 Å². The highest BCUT2D eigenvalue weighted by atomic mass is 16.2. The normalized spacial score (nSPS) is 28.9. The third-order valence-corrected chi connectivity index (χ3v) is 4.39. The second-order valence-corrected chi connectivity index (χ2v) is 6.15. The van der Waals surface area contributed by atoms with Gasteiger partial charge >= 0.3 is 0 Å². The zero-order chi connectivity index (χ0) is 13.7. The third kappa shape index (κ3) is 4.51. The number of rotatable bonds is 3. The Bertz CT molecular complexity index is 322. The molecular weight excluding hydrogens is 240 g/mol. The number of amides is 2. The van der Waals surface area contributed by atoms with E-state index in [1.54, 1.807) is 4.90 Å². The highest BCUT2D eigenvalue weighted by Gasteiger charge is 2.23. The standard InChI is InChI=1S/C15H26N2O2/c1-12-6-8-13(9-7-12)16-14(18)11-17-10-4-2-3-5-15(17)19/h12-13H,2-11H2,1H3,(H,16,18). The van der Waals surface area contributed by atoms with Crippen molar-refractivity contribution in [2.24, 2.45) is 5.92 Å². The summed E-state index contributed by atoms with van der Waals surface area (Å²) in [6.07, 6.45) is 8.28. The minimum atomic E-state index is 0.0230. The van der Waals surface area contributed by atoms with Crippen LogP contribution in [0.4, 0.5) is 0 Å². The number of nitrogens with one attached hydrogen (secondary N) is 1. The Balaban J connectivity index is 1.75. The molecule has 4 heteroatoms. The SMILES string of the molecule is CC1CCC(NC(=O)CN2CCCCCC2=O)CC1. The molecule has 2 amide bonds. The van der Waals surface area contributed by atoms with E-state index in [9.17, 15) is 9.59 Å². The summed E-state index contributed by atoms with van der Waals surface area (Å²) in [6, 6.07) is 0.325. The monoisotopic (exact) mass is 266 g/mol. The summed E-state index contributed by atoms with van der Waals surface area (Å²) in [5.41, 5.74) is 0. The summed E-state index contributed by atoms with van der Waals surface area (Å²) in [7, 11) is 0. The lowest BCUT2D eigenvalue weighted by Gasteiger charge is -2.28. The van der Waals surface area contributed by atoms with Crippen LogP contribution in [0.3, 0.4) is 0 Å². The van der Waals surface area contributed by atoms with Crippen molar-refractivity contribution in [3.63, 3.8) is 0 Å². The van der Waals surface area contributed by atoms with Crippen molar-refractivity contribution in [2.45, 2.75) is 64.3 Å². The van der Waals surface area contributed by atoms with Crippen LogP contribution >= 0.6 is 0 Å². The van der Waals surface area contributed by atoms with Crippen molar-refractivity contribution in [1.29, 1.82) is 0 Å². The molecule has 1 aliphatic carbocycles. The maximum atomic E-state index is 12.0. The molecule has 0 unspecified atom stereocenters. The highest BCUT2D eigenvalue weighted by molar-refractivity contribution is 5.85. The van der Waals surface area contributed by atoms with E-state index in [0.717, 1.165) is 44.6 Å². The van der Waals surface area contributed by atoms with Crippen LogP contribution in [0.2, 0.25) is 0 Å². The summed E-state index contributed by atoms with van der Waals surface area (Å²) in [4.78, 5) is 25.6. The molecule has 0 aromatic heterocycles. The first-order valence-corrected chi connectivity index (χ1v) is 7.72. The molecule has 108 valence electrons. The minimum absolute atomic E-state index is 0.0230. The van der Waals surface area contributed by atoms with E-state index in [1.165, 1.54) is 12.8 Å². The van der Waals surface area contributed by atoms with Gasteiger partial charge in [0.1, 0.15) is 0 Å². The molecular formula is C15H26N2O2. The average Bonchev–Trinajstić information content (AvgIpc) is 2.58. The molecule has 0 bridgehead atoms. The zero-order valence-electron chi connectivity index (χ0n) is 12.0. The van der Waals surface area contributed by atoms with Crippen molar-refractivity contribution in [3.05, 3.63) is 0 Å². The topological polar surface area (TPSA) is 49.4 Å². The summed E-state index contributed by atoms with van der Waals surface area (Å²) in [5, 5.41) is 3.09. The van der Waals surface area contributed by atoms with Gasteiger partial charge in [0.25, 0.3) is 0 Å². The number of carbonyl (C=O) groups excluding carboxylic acids is 2. The van der Waals surface area contributed by atoms with Crippen molar-refractivity contribution in [1.82, 2.24) is 10.2 Å². The maximum absolute atomic E-state index is 12.0. The van der Waals surface area contributed by atoms with Crippen molar-refractivity contribution < 1.29 is 9.59 Å². The highest BCUT2D eigenvalue weighted by Crippen LogP contribution is 2.23. The lowest BCUT2D eigenvalue weighted by molar-refractivity contribution is -0.135. The van der Waals surface area contributed by atoms with Crippen LogP contribution < -0.4 is 5.32 Å². The first kappa shape index (κ1) is 14.4. The Kier molecular flexibility index (Phi) is 5.23. The molecule has 2 fully saturated rings. The predicted molar refractivity (Wildman–Crippen MR) is 74.6 cm³/mol. The Morgan fingerprint density at radius 2 is 1.95 bits per heavy atom. The van der Waals surface area contributed by atoms with Gasteiger partial charge in [-0.3, -0.25) is 9.59 Å². The first-order chi connectivity index (χ1) is 9.15. The molecule has 1 heterocycles. The largest absolute Gasteiger partial charge is 0.352 e. The van der Waals surface area contributed by atoms with E-state index < -0.39 is 0 Å². The summed E-state index contributed by atoms with van der Waals surface area (Å²) < 4.78 is 0. The number of likely N-dealkylation sites (tertiary alicyclic amines) is 1. The number of carbonyl (C=O) groups is 2. The molecule has 0 aromatic carbocycles. The second-order valence-electron chi connectivity index (χ2n) is 6.15. The molecule has 4 nitrogen and oxygen atoms in total. The van der Waals surface area contributed by atoms with E-state index in [2.05, 4.69) is 12.2 Å². The molecule has 0 aromatic rings. The third-order valence-electron chi connectivity index (χ3n) is 4.39. The Labute approximate surface area is 115 Å². The van der Waals surface area contributed by atoms with Crippen LogP contribution in [0, 0.1) is 5.92 Å². The van der Waals surface area contributed by atoms with Gasteiger partial charge < -0.3 is 10.2 Å². The minimum Gasteiger partial charge on any atom is -0.352 e. The Hall–Kier alpha value is -1.06. The average molecular weight is 266 g/mol. The smallest absolute Gasteiger partial charge is 0.239 e. The van der Waals surface area contributed by atoms with Crippen molar-refractivity contribution >= 4 is 11.8 Å². The van der Waals surface area contributed by atoms with Gasteiger partial charge in [0, 0.05) is 19.0 Å². The molecule has 2 aliphatic rings. The fraction of sp³-hybridized carbons (Fsp3) is 0.867. The van der Waals surface area contributed by atoms with Gasteiger partial charge in [-0.2, -0.15) is 0 Å². The fourth-order valence-electron chi connectivity index (χ4n) is 3.06. The Morgan fingerprint density at radius 1 is 1.21 bits per heavy atom. The Morgan fingerprint density at radius 3 is 2.68 bits per heavy atom. The van der Waals surface area contributed by atoms with Gasteiger partial charge in [0.05, 0.1) is 6.54 Å². The van der Waals surface area contributed by atoms with Crippen LogP contribution in [0.15, 0.2) is 0 Å². The molecule has 0 atom stereocenters. The van der Waals surface area contributed by atoms with Gasteiger partial charge in [0.2, 0.25) is 11.8 Å². The summed E-state index contributed by atoms with van der Waals surface area (Å²) in [5.74, 6) is 0.958. The van der Waals surface area contributed by atoms with Gasteiger partial charge in [-0.1, -0.05) is 13.3 Å². The van der Waals surface area contributed by atoms with E-state index in [1.807, 2.05) is 0 Å². The summed E-state index contributed by atoms with van der Waals surface area (Å²) in [6.45, 7) is 3.27. The number of nitrogens with zero attached hydrogens (tertiary/aromatic N) is 1. The van der Waals surface area contributed by atoms with Crippen LogP contribution in [0.5, 0.6) is 0 Å². The lowest BCUT2D eigenvalue weighted by Crippen LogP contribution is -2.45. The maximum Gasteiger partial charge on any atom is 0.239 e. The summed E-state index contributed by atoms with van der Waals surface area (Å²) >= 11 is 0. The van der Waals surface area contributed by atoms with E-state index in [-0.39, 0.29) is 18.4 Å². The van der Waals surface area contributed by atoms with E-state index in [4.69, 9.17) is 0 Å². The molecule has 0 spiro atoms. The molecule has 1 saturated carbocycles. The van der Waals surface area contributed by atoms with E-state index in [0.29, 0.717) is 12.5 Å². The molecule has 1 saturated heterocycles. The van der Waals surface area contributed by atoms with Crippen LogP contribution in [0.1, 0.15) is 58.3 Å². The van der Waals surface area contributed by atoms with Crippen molar-refractivity contribution in [2.75, 3.05) is 13.1 Å². The van der Waals surface area contributed by atoms with Gasteiger partial charge in [0.15, 0.2) is 0 Å².